The fourth-order valence-corrected chi connectivity index (χ4v) is 7.25. The van der Waals surface area contributed by atoms with Gasteiger partial charge in [-0.25, -0.2) is 0 Å². The summed E-state index contributed by atoms with van der Waals surface area (Å²) in [5.41, 5.74) is 23.2. The molecule has 374 valence electrons. The van der Waals surface area contributed by atoms with Gasteiger partial charge < -0.3 is 85.5 Å². The fraction of sp³-hybridized carbons (Fsp3) is 1.00. The minimum atomic E-state index is 0.684. The van der Waals surface area contributed by atoms with Crippen LogP contribution in [0.15, 0.2) is 0 Å². The van der Waals surface area contributed by atoms with Crippen LogP contribution in [0, 0.1) is 0 Å². The van der Waals surface area contributed by atoms with E-state index in [2.05, 4.69) is 91.2 Å². The lowest BCUT2D eigenvalue weighted by Crippen LogP contribution is -2.45. The topological polar surface area (TPSA) is 232 Å². The van der Waals surface area contributed by atoms with Gasteiger partial charge in [0.05, 0.1) is 0 Å². The number of nitrogens with two attached hydrogens (primary N) is 4. The van der Waals surface area contributed by atoms with Crippen molar-refractivity contribution in [1.29, 1.82) is 0 Å². The zero-order valence-corrected chi connectivity index (χ0v) is 41.1. The number of rotatable bonds is 53. The summed E-state index contributed by atoms with van der Waals surface area (Å²) in [6, 6.07) is 0. The second-order valence-corrected chi connectivity index (χ2v) is 16.5. The Bertz CT molecular complexity index is 847. The van der Waals surface area contributed by atoms with Crippen LogP contribution in [0.1, 0.15) is 26.2 Å². The van der Waals surface area contributed by atoms with Crippen LogP contribution < -0.4 is 70.8 Å². The van der Waals surface area contributed by atoms with Gasteiger partial charge in [0, 0.05) is 203 Å². The summed E-state index contributed by atoms with van der Waals surface area (Å²) in [4.78, 5) is 14.9. The molecule has 0 saturated heterocycles. The summed E-state index contributed by atoms with van der Waals surface area (Å²) in [5, 5.41) is 32.1. The van der Waals surface area contributed by atoms with E-state index in [9.17, 15) is 0 Å². The van der Waals surface area contributed by atoms with Gasteiger partial charge in [0.25, 0.3) is 0 Å². The average molecular weight is 890 g/mol. The standard InChI is InChI=1S/C43H107N19/c1-5-27-58(31-10-46)33-19-52-22-38-61(39-23-53-20-35-59(29-6-12-48-2)34-17-50-14-8-44)40-24-55-26-42-62(43-56-13-7-28-57(4)30-9-45)41-25-54-21-37-60(32-11-47)36-18-51-16-15-49-3/h48-56H,5-47H2,1-4H3. The minimum absolute atomic E-state index is 0.684. The quantitative estimate of drug-likeness (QED) is 0.0203. The van der Waals surface area contributed by atoms with Gasteiger partial charge in [0.15, 0.2) is 0 Å². The van der Waals surface area contributed by atoms with Crippen molar-refractivity contribution < 1.29 is 0 Å². The largest absolute Gasteiger partial charge is 0.329 e. The van der Waals surface area contributed by atoms with Crippen molar-refractivity contribution in [2.24, 2.45) is 22.9 Å². The van der Waals surface area contributed by atoms with Crippen LogP contribution in [0.25, 0.3) is 0 Å². The van der Waals surface area contributed by atoms with Crippen LogP contribution in [0.3, 0.4) is 0 Å². The Morgan fingerprint density at radius 1 is 0.306 bits per heavy atom. The molecule has 17 N–H and O–H groups in total. The van der Waals surface area contributed by atoms with E-state index in [1.54, 1.807) is 0 Å². The number of likely N-dealkylation sites (N-methyl/N-ethyl adjacent to an activating group) is 2. The molecule has 19 heteroatoms. The molecule has 0 aliphatic rings. The van der Waals surface area contributed by atoms with E-state index in [4.69, 9.17) is 22.9 Å². The zero-order chi connectivity index (χ0) is 45.4. The number of hydrogen-bond acceptors (Lipinski definition) is 19. The smallest absolute Gasteiger partial charge is 0.0481 e. The van der Waals surface area contributed by atoms with E-state index in [0.717, 1.165) is 235 Å². The van der Waals surface area contributed by atoms with Crippen LogP contribution in [0.2, 0.25) is 0 Å². The molecular formula is C43H107N19. The van der Waals surface area contributed by atoms with Gasteiger partial charge in [-0.1, -0.05) is 6.92 Å². The van der Waals surface area contributed by atoms with Gasteiger partial charge in [-0.05, 0) is 73.1 Å². The van der Waals surface area contributed by atoms with E-state index in [0.29, 0.717) is 19.6 Å². The maximum atomic E-state index is 5.93. The lowest BCUT2D eigenvalue weighted by Gasteiger charge is -2.26. The predicted octanol–water partition coefficient (Wildman–Crippen LogP) is -5.02. The third kappa shape index (κ3) is 41.9. The van der Waals surface area contributed by atoms with Gasteiger partial charge >= 0.3 is 0 Å². The highest BCUT2D eigenvalue weighted by Gasteiger charge is 2.10. The monoisotopic (exact) mass is 890 g/mol. The van der Waals surface area contributed by atoms with E-state index in [-0.39, 0.29) is 0 Å². The third-order valence-electron chi connectivity index (χ3n) is 11.0. The van der Waals surface area contributed by atoms with Gasteiger partial charge in [0.1, 0.15) is 0 Å². The molecule has 0 fully saturated rings. The molecule has 0 unspecified atom stereocenters. The Hall–Kier alpha value is -0.760. The van der Waals surface area contributed by atoms with E-state index >= 15 is 0 Å². The molecule has 0 radical (unpaired) electrons. The highest BCUT2D eigenvalue weighted by molar-refractivity contribution is 4.70. The fourth-order valence-electron chi connectivity index (χ4n) is 7.25. The molecule has 0 saturated carbocycles. The molecule has 0 rings (SSSR count). The summed E-state index contributed by atoms with van der Waals surface area (Å²) < 4.78 is 0. The molecule has 0 aromatic rings. The average Bonchev–Trinajstić information content (AvgIpc) is 3.26. The first-order valence-electron chi connectivity index (χ1n) is 24.8. The lowest BCUT2D eigenvalue weighted by molar-refractivity contribution is 0.235. The predicted molar refractivity (Wildman–Crippen MR) is 269 cm³/mol. The zero-order valence-electron chi connectivity index (χ0n) is 41.1. The lowest BCUT2D eigenvalue weighted by atomic mass is 10.3. The first kappa shape index (κ1) is 61.2. The van der Waals surface area contributed by atoms with Crippen LogP contribution in [0.4, 0.5) is 0 Å². The highest BCUT2D eigenvalue weighted by atomic mass is 15.2. The summed E-state index contributed by atoms with van der Waals surface area (Å²) in [5.74, 6) is 0. The Balaban J connectivity index is 5.06. The number of hydrogen-bond donors (Lipinski definition) is 13. The Morgan fingerprint density at radius 3 is 1.10 bits per heavy atom. The van der Waals surface area contributed by atoms with Gasteiger partial charge in [0.2, 0.25) is 0 Å². The second kappa shape index (κ2) is 49.7. The molecule has 0 amide bonds. The van der Waals surface area contributed by atoms with Crippen LogP contribution in [-0.4, -0.2) is 286 Å². The molecule has 0 atom stereocenters. The Labute approximate surface area is 382 Å². The molecule has 19 nitrogen and oxygen atoms in total. The maximum Gasteiger partial charge on any atom is 0.0481 e. The highest BCUT2D eigenvalue weighted by Crippen LogP contribution is 1.94. The van der Waals surface area contributed by atoms with Crippen LogP contribution in [0.5, 0.6) is 0 Å². The summed E-state index contributed by atoms with van der Waals surface area (Å²) in [6.07, 6.45) is 3.44. The van der Waals surface area contributed by atoms with Crippen molar-refractivity contribution in [3.63, 3.8) is 0 Å². The Morgan fingerprint density at radius 2 is 0.677 bits per heavy atom. The van der Waals surface area contributed by atoms with Crippen molar-refractivity contribution in [3.8, 4) is 0 Å². The molecule has 0 aromatic heterocycles. The second-order valence-electron chi connectivity index (χ2n) is 16.5. The molecule has 0 aliphatic carbocycles. The Kier molecular flexibility index (Phi) is 49.1. The van der Waals surface area contributed by atoms with Crippen LogP contribution >= 0.6 is 0 Å². The van der Waals surface area contributed by atoms with Crippen molar-refractivity contribution in [2.45, 2.75) is 26.2 Å². The number of nitrogens with zero attached hydrogens (tertiary/aromatic N) is 6. The summed E-state index contributed by atoms with van der Waals surface area (Å²) in [6.45, 7) is 37.1. The van der Waals surface area contributed by atoms with Gasteiger partial charge in [-0.15, -0.1) is 0 Å². The molecule has 0 aliphatic heterocycles. The van der Waals surface area contributed by atoms with Crippen molar-refractivity contribution in [2.75, 3.05) is 257 Å². The van der Waals surface area contributed by atoms with Crippen molar-refractivity contribution in [1.82, 2.24) is 77.3 Å². The molecule has 0 bridgehead atoms. The molecular weight excluding hydrogens is 783 g/mol. The summed E-state index contributed by atoms with van der Waals surface area (Å²) >= 11 is 0. The van der Waals surface area contributed by atoms with Gasteiger partial charge in [-0.2, -0.15) is 0 Å². The van der Waals surface area contributed by atoms with E-state index < -0.39 is 0 Å². The van der Waals surface area contributed by atoms with Crippen molar-refractivity contribution >= 4 is 0 Å². The third-order valence-corrected chi connectivity index (χ3v) is 11.0. The first-order chi connectivity index (χ1) is 30.5. The minimum Gasteiger partial charge on any atom is -0.329 e. The number of nitrogens with one attached hydrogen (secondary N) is 9. The van der Waals surface area contributed by atoms with Crippen molar-refractivity contribution in [3.05, 3.63) is 0 Å². The molecule has 0 heterocycles. The molecule has 0 aromatic carbocycles. The van der Waals surface area contributed by atoms with Gasteiger partial charge in [-0.3, -0.25) is 14.7 Å². The summed E-state index contributed by atoms with van der Waals surface area (Å²) in [7, 11) is 6.17. The normalized spacial score (nSPS) is 12.3. The molecule has 62 heavy (non-hydrogen) atoms. The molecule has 0 spiro atoms. The van der Waals surface area contributed by atoms with E-state index in [1.165, 1.54) is 0 Å². The van der Waals surface area contributed by atoms with E-state index in [1.807, 2.05) is 14.1 Å². The van der Waals surface area contributed by atoms with Crippen LogP contribution in [-0.2, 0) is 0 Å². The first-order valence-corrected chi connectivity index (χ1v) is 24.8. The maximum absolute atomic E-state index is 5.93. The SMILES string of the molecule is CCCN(CCN)CCNCCN(CCNCCN(CCCNC)CCNCCN)CCNCCN(CCNCCN(CCN)CCNCCNC)CNCCCN(C)CCN.